The molecule has 2 aliphatic rings. The number of carboxylic acid groups (broad SMARTS) is 1. The largest absolute Gasteiger partial charge is 0.481 e. The number of ketones is 1. The Labute approximate surface area is 164 Å². The van der Waals surface area contributed by atoms with E-state index < -0.39 is 12.0 Å². The molecule has 1 atom stereocenters. The molecule has 2 fully saturated rings. The lowest BCUT2D eigenvalue weighted by Crippen LogP contribution is -2.64. The molecular formula is C20H27N3O5. The van der Waals surface area contributed by atoms with Crippen molar-refractivity contribution in [2.75, 3.05) is 26.7 Å². The molecule has 1 amide bonds. The first-order chi connectivity index (χ1) is 13.3. The zero-order valence-corrected chi connectivity index (χ0v) is 16.3. The summed E-state index contributed by atoms with van der Waals surface area (Å²) in [5.41, 5.74) is 0.840. The molecule has 1 aromatic heterocycles. The molecule has 152 valence electrons. The van der Waals surface area contributed by atoms with Gasteiger partial charge in [-0.3, -0.25) is 14.4 Å². The van der Waals surface area contributed by atoms with Gasteiger partial charge in [0.1, 0.15) is 5.78 Å². The second-order valence-electron chi connectivity index (χ2n) is 8.06. The molecule has 2 heterocycles. The van der Waals surface area contributed by atoms with Crippen molar-refractivity contribution in [3.8, 4) is 5.88 Å². The normalized spacial score (nSPS) is 19.4. The van der Waals surface area contributed by atoms with Crippen LogP contribution in [-0.4, -0.2) is 59.4 Å². The summed E-state index contributed by atoms with van der Waals surface area (Å²) in [6.07, 6.45) is 3.54. The van der Waals surface area contributed by atoms with Crippen molar-refractivity contribution in [3.05, 3.63) is 23.9 Å². The van der Waals surface area contributed by atoms with Crippen molar-refractivity contribution < 1.29 is 24.2 Å². The summed E-state index contributed by atoms with van der Waals surface area (Å²) >= 11 is 0. The van der Waals surface area contributed by atoms with Crippen molar-refractivity contribution in [2.45, 2.75) is 38.6 Å². The topological polar surface area (TPSA) is 109 Å². The number of amides is 1. The summed E-state index contributed by atoms with van der Waals surface area (Å²) in [7, 11) is 1.51. The number of aliphatic carboxylic acids is 1. The van der Waals surface area contributed by atoms with Gasteiger partial charge in [-0.2, -0.15) is 0 Å². The van der Waals surface area contributed by atoms with Crippen LogP contribution in [-0.2, 0) is 14.4 Å². The molecule has 8 nitrogen and oxygen atoms in total. The Bertz CT molecular complexity index is 735. The lowest BCUT2D eigenvalue weighted by molar-refractivity contribution is -0.146. The van der Waals surface area contributed by atoms with Crippen LogP contribution >= 0.6 is 0 Å². The Morgan fingerprint density at radius 1 is 1.36 bits per heavy atom. The minimum atomic E-state index is -0.980. The van der Waals surface area contributed by atoms with Gasteiger partial charge >= 0.3 is 5.97 Å². The van der Waals surface area contributed by atoms with E-state index in [1.54, 1.807) is 19.1 Å². The highest BCUT2D eigenvalue weighted by atomic mass is 16.5. The van der Waals surface area contributed by atoms with Crippen molar-refractivity contribution in [1.29, 1.82) is 0 Å². The van der Waals surface area contributed by atoms with E-state index in [9.17, 15) is 19.5 Å². The average Bonchev–Trinajstić information content (AvgIpc) is 2.58. The maximum absolute atomic E-state index is 12.6. The highest BCUT2D eigenvalue weighted by Crippen LogP contribution is 2.52. The van der Waals surface area contributed by atoms with Crippen LogP contribution in [0, 0.1) is 11.3 Å². The number of carbonyl (C=O) groups excluding carboxylic acids is 2. The van der Waals surface area contributed by atoms with Gasteiger partial charge in [-0.1, -0.05) is 6.07 Å². The second kappa shape index (κ2) is 8.26. The van der Waals surface area contributed by atoms with Crippen LogP contribution in [0.2, 0.25) is 0 Å². The van der Waals surface area contributed by atoms with Gasteiger partial charge in [0.25, 0.3) is 0 Å². The third-order valence-corrected chi connectivity index (χ3v) is 5.69. The quantitative estimate of drug-likeness (QED) is 0.657. The molecule has 0 bridgehead atoms. The van der Waals surface area contributed by atoms with Crippen LogP contribution in [0.1, 0.15) is 44.2 Å². The van der Waals surface area contributed by atoms with Crippen molar-refractivity contribution >= 4 is 17.7 Å². The molecule has 1 unspecified atom stereocenters. The second-order valence-corrected chi connectivity index (χ2v) is 8.06. The Hall–Kier alpha value is -2.48. The number of carboxylic acids is 1. The Balaban J connectivity index is 1.51. The highest BCUT2D eigenvalue weighted by Gasteiger charge is 2.54. The Morgan fingerprint density at radius 3 is 2.61 bits per heavy atom. The van der Waals surface area contributed by atoms with Crippen molar-refractivity contribution in [1.82, 2.24) is 15.2 Å². The number of hydrogen-bond acceptors (Lipinski definition) is 6. The average molecular weight is 389 g/mol. The molecule has 8 heteroatoms. The standard InChI is InChI=1S/C20H27N3O5/c1-13(24)5-6-23-11-20(12-23)8-15(9-20)19(27)22-16(7-18(25)26)14-3-4-17(28-2)21-10-14/h3-4,10,15-16H,5-9,11-12H2,1-2H3,(H,22,27)(H,25,26). The number of likely N-dealkylation sites (tertiary alicyclic amines) is 1. The van der Waals surface area contributed by atoms with Gasteiger partial charge in [-0.05, 0) is 30.7 Å². The maximum atomic E-state index is 12.6. The summed E-state index contributed by atoms with van der Waals surface area (Å²) in [6, 6.07) is 2.76. The zero-order valence-electron chi connectivity index (χ0n) is 16.3. The molecule has 2 N–H and O–H groups in total. The molecular weight excluding hydrogens is 362 g/mol. The van der Waals surface area contributed by atoms with Gasteiger partial charge in [0.15, 0.2) is 0 Å². The van der Waals surface area contributed by atoms with Crippen LogP contribution < -0.4 is 10.1 Å². The van der Waals surface area contributed by atoms with E-state index in [2.05, 4.69) is 15.2 Å². The van der Waals surface area contributed by atoms with E-state index in [-0.39, 0.29) is 29.4 Å². The summed E-state index contributed by atoms with van der Waals surface area (Å²) in [4.78, 5) is 41.3. The molecule has 1 saturated heterocycles. The first-order valence-corrected chi connectivity index (χ1v) is 9.54. The van der Waals surface area contributed by atoms with E-state index in [0.717, 1.165) is 32.5 Å². The van der Waals surface area contributed by atoms with E-state index in [4.69, 9.17) is 4.74 Å². The molecule has 0 aromatic carbocycles. The molecule has 0 radical (unpaired) electrons. The smallest absolute Gasteiger partial charge is 0.305 e. The molecule has 1 aliphatic heterocycles. The van der Waals surface area contributed by atoms with E-state index in [0.29, 0.717) is 17.9 Å². The summed E-state index contributed by atoms with van der Waals surface area (Å²) < 4.78 is 5.02. The third-order valence-electron chi connectivity index (χ3n) is 5.69. The van der Waals surface area contributed by atoms with E-state index in [1.807, 2.05) is 0 Å². The lowest BCUT2D eigenvalue weighted by Gasteiger charge is -2.59. The van der Waals surface area contributed by atoms with Gasteiger partial charge in [0.2, 0.25) is 11.8 Å². The number of carbonyl (C=O) groups is 3. The summed E-state index contributed by atoms with van der Waals surface area (Å²) in [5, 5.41) is 12.1. The lowest BCUT2D eigenvalue weighted by atomic mass is 9.57. The number of Topliss-reactive ketones (excluding diaryl/α,β-unsaturated/α-hetero) is 1. The number of nitrogens with one attached hydrogen (secondary N) is 1. The molecule has 28 heavy (non-hydrogen) atoms. The zero-order chi connectivity index (χ0) is 20.3. The van der Waals surface area contributed by atoms with Gasteiger partial charge in [0, 0.05) is 44.2 Å². The predicted octanol–water partition coefficient (Wildman–Crippen LogP) is 1.41. The van der Waals surface area contributed by atoms with Gasteiger partial charge in [0.05, 0.1) is 19.6 Å². The minimum Gasteiger partial charge on any atom is -0.481 e. The van der Waals surface area contributed by atoms with Crippen LogP contribution in [0.3, 0.4) is 0 Å². The Morgan fingerprint density at radius 2 is 2.07 bits per heavy atom. The van der Waals surface area contributed by atoms with Crippen LogP contribution in [0.4, 0.5) is 0 Å². The molecule has 3 rings (SSSR count). The number of pyridine rings is 1. The number of methoxy groups -OCH3 is 1. The number of hydrogen-bond donors (Lipinski definition) is 2. The van der Waals surface area contributed by atoms with Crippen molar-refractivity contribution in [3.63, 3.8) is 0 Å². The van der Waals surface area contributed by atoms with E-state index >= 15 is 0 Å². The third kappa shape index (κ3) is 4.67. The van der Waals surface area contributed by atoms with Crippen molar-refractivity contribution in [2.24, 2.45) is 11.3 Å². The monoisotopic (exact) mass is 389 g/mol. The molecule has 1 spiro atoms. The fourth-order valence-corrected chi connectivity index (χ4v) is 4.24. The summed E-state index contributed by atoms with van der Waals surface area (Å²) in [6.45, 7) is 4.26. The molecule has 1 aliphatic carbocycles. The minimum absolute atomic E-state index is 0.0857. The van der Waals surface area contributed by atoms with Gasteiger partial charge in [-0.15, -0.1) is 0 Å². The Kier molecular flexibility index (Phi) is 5.98. The maximum Gasteiger partial charge on any atom is 0.305 e. The van der Waals surface area contributed by atoms with Crippen LogP contribution in [0.15, 0.2) is 18.3 Å². The summed E-state index contributed by atoms with van der Waals surface area (Å²) in [5.74, 6) is -0.535. The number of nitrogens with zero attached hydrogens (tertiary/aromatic N) is 2. The first-order valence-electron chi connectivity index (χ1n) is 9.54. The first kappa shape index (κ1) is 20.3. The predicted molar refractivity (Wildman–Crippen MR) is 101 cm³/mol. The van der Waals surface area contributed by atoms with Gasteiger partial charge < -0.3 is 20.1 Å². The van der Waals surface area contributed by atoms with Crippen LogP contribution in [0.5, 0.6) is 5.88 Å². The fraction of sp³-hybridized carbons (Fsp3) is 0.600. The van der Waals surface area contributed by atoms with Crippen LogP contribution in [0.25, 0.3) is 0 Å². The number of aromatic nitrogens is 1. The van der Waals surface area contributed by atoms with E-state index in [1.165, 1.54) is 13.3 Å². The fourth-order valence-electron chi connectivity index (χ4n) is 4.24. The number of ether oxygens (including phenoxy) is 1. The molecule has 1 saturated carbocycles. The highest BCUT2D eigenvalue weighted by molar-refractivity contribution is 5.81. The number of rotatable bonds is 9. The van der Waals surface area contributed by atoms with Gasteiger partial charge in [-0.25, -0.2) is 4.98 Å². The SMILES string of the molecule is COc1ccc(C(CC(=O)O)NC(=O)C2CC3(C2)CN(CCC(C)=O)C3)cn1. The molecule has 1 aromatic rings.